The highest BCUT2D eigenvalue weighted by molar-refractivity contribution is 5.89. The van der Waals surface area contributed by atoms with Crippen LogP contribution in [0.1, 0.15) is 33.6 Å². The van der Waals surface area contributed by atoms with Crippen LogP contribution in [0, 0.1) is 11.3 Å². The SMILES string of the molecule is CCC(=NC)[C@H]1CC1(C)C. The lowest BCUT2D eigenvalue weighted by atomic mass is 10.1. The predicted octanol–water partition coefficient (Wildman–Crippen LogP) is 2.51. The third kappa shape index (κ3) is 1.23. The highest BCUT2D eigenvalue weighted by Gasteiger charge is 2.47. The zero-order chi connectivity index (χ0) is 7.78. The molecule has 0 aromatic heterocycles. The number of hydrogen-bond acceptors (Lipinski definition) is 1. The quantitative estimate of drug-likeness (QED) is 0.521. The smallest absolute Gasteiger partial charge is 0.0276 e. The third-order valence-corrected chi connectivity index (χ3v) is 2.57. The van der Waals surface area contributed by atoms with E-state index in [0.717, 1.165) is 12.3 Å². The van der Waals surface area contributed by atoms with Gasteiger partial charge in [-0.2, -0.15) is 0 Å². The van der Waals surface area contributed by atoms with Crippen LogP contribution in [0.15, 0.2) is 4.99 Å². The first kappa shape index (κ1) is 7.77. The molecule has 0 aromatic rings. The zero-order valence-electron chi connectivity index (χ0n) is 7.44. The number of hydrogen-bond donors (Lipinski definition) is 0. The lowest BCUT2D eigenvalue weighted by Gasteiger charge is -2.03. The summed E-state index contributed by atoms with van der Waals surface area (Å²) in [6.45, 7) is 6.83. The van der Waals surface area contributed by atoms with E-state index >= 15 is 0 Å². The second kappa shape index (κ2) is 2.37. The molecule has 1 aliphatic carbocycles. The topological polar surface area (TPSA) is 12.4 Å². The van der Waals surface area contributed by atoms with Gasteiger partial charge >= 0.3 is 0 Å². The molecule has 0 bridgehead atoms. The maximum atomic E-state index is 4.28. The van der Waals surface area contributed by atoms with Crippen LogP contribution in [0.25, 0.3) is 0 Å². The number of aliphatic imine (C=N–C) groups is 1. The minimum Gasteiger partial charge on any atom is -0.297 e. The Kier molecular flexibility index (Phi) is 1.84. The Morgan fingerprint density at radius 1 is 1.60 bits per heavy atom. The molecule has 0 spiro atoms. The normalized spacial score (nSPS) is 30.4. The van der Waals surface area contributed by atoms with Gasteiger partial charge in [0, 0.05) is 18.7 Å². The first-order chi connectivity index (χ1) is 4.61. The highest BCUT2D eigenvalue weighted by Crippen LogP contribution is 2.52. The maximum absolute atomic E-state index is 4.28. The molecule has 10 heavy (non-hydrogen) atoms. The molecule has 58 valence electrons. The van der Waals surface area contributed by atoms with E-state index in [1.54, 1.807) is 0 Å². The van der Waals surface area contributed by atoms with Crippen LogP contribution in [0.5, 0.6) is 0 Å². The summed E-state index contributed by atoms with van der Waals surface area (Å²) < 4.78 is 0. The molecule has 0 saturated heterocycles. The van der Waals surface area contributed by atoms with Crippen LogP contribution in [0.3, 0.4) is 0 Å². The van der Waals surface area contributed by atoms with Crippen LogP contribution < -0.4 is 0 Å². The van der Waals surface area contributed by atoms with Crippen molar-refractivity contribution < 1.29 is 0 Å². The molecule has 0 unspecified atom stereocenters. The molecule has 0 amide bonds. The van der Waals surface area contributed by atoms with Gasteiger partial charge in [0.1, 0.15) is 0 Å². The van der Waals surface area contributed by atoms with E-state index < -0.39 is 0 Å². The molecule has 1 saturated carbocycles. The number of rotatable bonds is 2. The van der Waals surface area contributed by atoms with Crippen LogP contribution in [0.2, 0.25) is 0 Å². The van der Waals surface area contributed by atoms with E-state index in [9.17, 15) is 0 Å². The fraction of sp³-hybridized carbons (Fsp3) is 0.889. The first-order valence-corrected chi connectivity index (χ1v) is 4.07. The van der Waals surface area contributed by atoms with E-state index in [1.165, 1.54) is 12.1 Å². The second-order valence-electron chi connectivity index (χ2n) is 3.81. The van der Waals surface area contributed by atoms with Gasteiger partial charge < -0.3 is 0 Å². The van der Waals surface area contributed by atoms with Crippen LogP contribution in [0.4, 0.5) is 0 Å². The Morgan fingerprint density at radius 3 is 2.20 bits per heavy atom. The monoisotopic (exact) mass is 139 g/mol. The van der Waals surface area contributed by atoms with E-state index in [0.29, 0.717) is 5.41 Å². The first-order valence-electron chi connectivity index (χ1n) is 4.07. The molecule has 1 atom stereocenters. The summed E-state index contributed by atoms with van der Waals surface area (Å²) in [4.78, 5) is 4.28. The summed E-state index contributed by atoms with van der Waals surface area (Å²) in [5, 5.41) is 0. The molecule has 0 radical (unpaired) electrons. The van der Waals surface area contributed by atoms with E-state index in [4.69, 9.17) is 0 Å². The zero-order valence-corrected chi connectivity index (χ0v) is 7.44. The Morgan fingerprint density at radius 2 is 2.10 bits per heavy atom. The van der Waals surface area contributed by atoms with E-state index in [2.05, 4.69) is 25.8 Å². The van der Waals surface area contributed by atoms with Crippen LogP contribution in [-0.4, -0.2) is 12.8 Å². The average molecular weight is 139 g/mol. The molecule has 0 aromatic carbocycles. The summed E-state index contributed by atoms with van der Waals surface area (Å²) in [5.41, 5.74) is 1.97. The van der Waals surface area contributed by atoms with Gasteiger partial charge in [0.15, 0.2) is 0 Å². The van der Waals surface area contributed by atoms with Crippen LogP contribution >= 0.6 is 0 Å². The maximum Gasteiger partial charge on any atom is 0.0276 e. The van der Waals surface area contributed by atoms with Gasteiger partial charge in [0.2, 0.25) is 0 Å². The average Bonchev–Trinajstić information content (AvgIpc) is 2.44. The van der Waals surface area contributed by atoms with Crippen molar-refractivity contribution in [2.24, 2.45) is 16.3 Å². The fourth-order valence-corrected chi connectivity index (χ4v) is 1.60. The Balaban J connectivity index is 2.53. The molecular weight excluding hydrogens is 122 g/mol. The number of nitrogens with zero attached hydrogens (tertiary/aromatic N) is 1. The van der Waals surface area contributed by atoms with Crippen molar-refractivity contribution in [2.45, 2.75) is 33.6 Å². The summed E-state index contributed by atoms with van der Waals surface area (Å²) in [5.74, 6) is 0.794. The van der Waals surface area contributed by atoms with Gasteiger partial charge in [-0.25, -0.2) is 0 Å². The summed E-state index contributed by atoms with van der Waals surface area (Å²) in [7, 11) is 1.91. The van der Waals surface area contributed by atoms with Crippen molar-refractivity contribution in [1.29, 1.82) is 0 Å². The lowest BCUT2D eigenvalue weighted by Crippen LogP contribution is -2.04. The van der Waals surface area contributed by atoms with Crippen molar-refractivity contribution >= 4 is 5.71 Å². The minimum atomic E-state index is 0.560. The summed E-state index contributed by atoms with van der Waals surface area (Å²) in [6, 6.07) is 0. The summed E-state index contributed by atoms with van der Waals surface area (Å²) >= 11 is 0. The van der Waals surface area contributed by atoms with E-state index in [-0.39, 0.29) is 0 Å². The van der Waals surface area contributed by atoms with E-state index in [1.807, 2.05) is 7.05 Å². The van der Waals surface area contributed by atoms with Crippen LogP contribution in [-0.2, 0) is 0 Å². The molecule has 1 nitrogen and oxygen atoms in total. The van der Waals surface area contributed by atoms with Gasteiger partial charge in [-0.15, -0.1) is 0 Å². The Labute approximate surface area is 63.5 Å². The minimum absolute atomic E-state index is 0.560. The second-order valence-corrected chi connectivity index (χ2v) is 3.81. The summed E-state index contributed by atoms with van der Waals surface area (Å²) in [6.07, 6.45) is 2.47. The molecule has 0 heterocycles. The Hall–Kier alpha value is -0.330. The molecule has 0 N–H and O–H groups in total. The van der Waals surface area contributed by atoms with Crippen molar-refractivity contribution in [1.82, 2.24) is 0 Å². The molecule has 1 aliphatic rings. The van der Waals surface area contributed by atoms with Crippen molar-refractivity contribution in [3.63, 3.8) is 0 Å². The van der Waals surface area contributed by atoms with Gasteiger partial charge in [0.25, 0.3) is 0 Å². The molecule has 0 aliphatic heterocycles. The standard InChI is InChI=1S/C9H17N/c1-5-8(10-4)7-6-9(7,2)3/h7H,5-6H2,1-4H3/t7-/m1/s1. The third-order valence-electron chi connectivity index (χ3n) is 2.57. The van der Waals surface area contributed by atoms with Gasteiger partial charge in [-0.1, -0.05) is 20.8 Å². The van der Waals surface area contributed by atoms with Gasteiger partial charge in [0.05, 0.1) is 0 Å². The molecule has 1 fully saturated rings. The largest absolute Gasteiger partial charge is 0.297 e. The van der Waals surface area contributed by atoms with Gasteiger partial charge in [-0.3, -0.25) is 4.99 Å². The van der Waals surface area contributed by atoms with Gasteiger partial charge in [-0.05, 0) is 18.3 Å². The van der Waals surface area contributed by atoms with Crippen molar-refractivity contribution in [3.05, 3.63) is 0 Å². The molecular formula is C9H17N. The highest BCUT2D eigenvalue weighted by atomic mass is 14.7. The Bertz CT molecular complexity index is 156. The lowest BCUT2D eigenvalue weighted by molar-refractivity contribution is 0.618. The van der Waals surface area contributed by atoms with Crippen molar-refractivity contribution in [2.75, 3.05) is 7.05 Å². The fourth-order valence-electron chi connectivity index (χ4n) is 1.60. The predicted molar refractivity (Wildman–Crippen MR) is 45.5 cm³/mol. The molecule has 1 rings (SSSR count). The molecule has 1 heteroatoms. The van der Waals surface area contributed by atoms with Crippen molar-refractivity contribution in [3.8, 4) is 0 Å².